The zero-order valence-corrected chi connectivity index (χ0v) is 8.69. The molecule has 0 fully saturated rings. The number of hydrogen-bond acceptors (Lipinski definition) is 0. The minimum atomic E-state index is 0.417. The summed E-state index contributed by atoms with van der Waals surface area (Å²) >= 11 is 0. The van der Waals surface area contributed by atoms with Crippen LogP contribution in [-0.2, 0) is 0 Å². The van der Waals surface area contributed by atoms with Gasteiger partial charge >= 0.3 is 0 Å². The van der Waals surface area contributed by atoms with Crippen LogP contribution in [0.5, 0.6) is 0 Å². The monoisotopic (exact) mass is 144 g/mol. The van der Waals surface area contributed by atoms with Crippen LogP contribution < -0.4 is 0 Å². The zero-order chi connectivity index (χ0) is 8.12. The Morgan fingerprint density at radius 3 is 1.00 bits per heavy atom. The van der Waals surface area contributed by atoms with Crippen molar-refractivity contribution in [2.75, 3.05) is 0 Å². The largest absolute Gasteiger partial charge is 0.103 e. The molecule has 0 bridgehead atoms. The summed E-state index contributed by atoms with van der Waals surface area (Å²) in [5.74, 6) is 0. The Morgan fingerprint density at radius 1 is 1.00 bits per heavy atom. The van der Waals surface area contributed by atoms with Crippen molar-refractivity contribution < 1.29 is 0 Å². The quantitative estimate of drug-likeness (QED) is 0.362. The highest BCUT2D eigenvalue weighted by molar-refractivity contribution is 6.31. The van der Waals surface area contributed by atoms with Gasteiger partial charge in [-0.15, -0.1) is 13.2 Å². The maximum atomic E-state index is 3.36. The number of rotatable bonds is 0. The van der Waals surface area contributed by atoms with E-state index in [0.717, 1.165) is 0 Å². The minimum Gasteiger partial charge on any atom is -0.103 e. The highest BCUT2D eigenvalue weighted by atomic mass is 28.2. The zero-order valence-electron chi connectivity index (χ0n) is 7.28. The molecule has 0 radical (unpaired) electrons. The summed E-state index contributed by atoms with van der Waals surface area (Å²) in [6.45, 7) is 15.0. The molecule has 0 rings (SSSR count). The summed E-state index contributed by atoms with van der Waals surface area (Å²) < 4.78 is 0. The van der Waals surface area contributed by atoms with E-state index in [4.69, 9.17) is 0 Å². The molecule has 0 aromatic rings. The van der Waals surface area contributed by atoms with Gasteiger partial charge in [-0.05, 0) is 13.8 Å². The maximum absolute atomic E-state index is 3.36. The summed E-state index contributed by atoms with van der Waals surface area (Å²) in [7, 11) is 0.417. The Labute approximate surface area is 62.5 Å². The second-order valence-electron chi connectivity index (χ2n) is 1.52. The predicted molar refractivity (Wildman–Crippen MR) is 52.0 cm³/mol. The summed E-state index contributed by atoms with van der Waals surface area (Å²) in [4.78, 5) is 0. The molecule has 0 nitrogen and oxygen atoms in total. The molecular weight excluding hydrogens is 124 g/mol. The van der Waals surface area contributed by atoms with E-state index in [2.05, 4.69) is 26.3 Å². The molecule has 0 aliphatic carbocycles. The molecule has 0 aromatic heterocycles. The van der Waals surface area contributed by atoms with Gasteiger partial charge in [0, 0.05) is 9.52 Å². The molecular formula is C8H20Si. The molecule has 0 spiro atoms. The third-order valence-corrected chi connectivity index (χ3v) is 0. The molecule has 0 saturated carbocycles. The summed E-state index contributed by atoms with van der Waals surface area (Å²) in [6.07, 6.45) is 3.50. The first-order valence-corrected chi connectivity index (χ1v) is 6.21. The normalized spacial score (nSPS) is 4.89. The fraction of sp³-hybridized carbons (Fsp3) is 0.500. The van der Waals surface area contributed by atoms with Gasteiger partial charge in [-0.25, -0.2) is 0 Å². The molecule has 0 atom stereocenters. The van der Waals surface area contributed by atoms with Crippen LogP contribution in [0.2, 0.25) is 13.1 Å². The second-order valence-corrected chi connectivity index (χ2v) is 2.94. The Balaban J connectivity index is -0.0000000600. The summed E-state index contributed by atoms with van der Waals surface area (Å²) in [5, 5.41) is 0. The molecule has 9 heavy (non-hydrogen) atoms. The van der Waals surface area contributed by atoms with Crippen molar-refractivity contribution in [2.24, 2.45) is 0 Å². The topological polar surface area (TPSA) is 0 Å². The van der Waals surface area contributed by atoms with Gasteiger partial charge in [0.25, 0.3) is 0 Å². The van der Waals surface area contributed by atoms with Crippen molar-refractivity contribution in [3.63, 3.8) is 0 Å². The maximum Gasteiger partial charge on any atom is 0.0135 e. The van der Waals surface area contributed by atoms with Gasteiger partial charge in [-0.1, -0.05) is 25.2 Å². The van der Waals surface area contributed by atoms with Crippen LogP contribution >= 0.6 is 0 Å². The third kappa shape index (κ3) is 2720. The average Bonchev–Trinajstić information content (AvgIpc) is 1.70. The Kier molecular flexibility index (Phi) is 83.7. The van der Waals surface area contributed by atoms with Crippen molar-refractivity contribution in [1.82, 2.24) is 0 Å². The van der Waals surface area contributed by atoms with Crippen LogP contribution in [0.3, 0.4) is 0 Å². The van der Waals surface area contributed by atoms with E-state index in [1.807, 2.05) is 13.8 Å². The van der Waals surface area contributed by atoms with E-state index >= 15 is 0 Å². The molecule has 0 aliphatic heterocycles. The van der Waals surface area contributed by atoms with Gasteiger partial charge in [-0.3, -0.25) is 0 Å². The smallest absolute Gasteiger partial charge is 0.0135 e. The lowest BCUT2D eigenvalue weighted by Crippen LogP contribution is -1.53. The van der Waals surface area contributed by atoms with E-state index < -0.39 is 0 Å². The van der Waals surface area contributed by atoms with E-state index in [9.17, 15) is 0 Å². The van der Waals surface area contributed by atoms with Crippen LogP contribution in [0.4, 0.5) is 0 Å². The van der Waals surface area contributed by atoms with Crippen LogP contribution in [-0.4, -0.2) is 9.52 Å². The first-order valence-electron chi connectivity index (χ1n) is 3.39. The lowest BCUT2D eigenvalue weighted by molar-refractivity contribution is 1.80. The molecule has 56 valence electrons. The van der Waals surface area contributed by atoms with Gasteiger partial charge in [0.05, 0.1) is 0 Å². The first kappa shape index (κ1) is 15.9. The molecule has 0 N–H and O–H groups in total. The van der Waals surface area contributed by atoms with Crippen molar-refractivity contribution in [1.29, 1.82) is 0 Å². The van der Waals surface area contributed by atoms with Crippen LogP contribution in [0.25, 0.3) is 0 Å². The Bertz CT molecular complexity index is 33.8. The number of hydrogen-bond donors (Lipinski definition) is 0. The van der Waals surface area contributed by atoms with Gasteiger partial charge in [0.2, 0.25) is 0 Å². The molecule has 1 heteroatoms. The average molecular weight is 144 g/mol. The van der Waals surface area contributed by atoms with Crippen molar-refractivity contribution in [3.05, 3.63) is 25.3 Å². The molecule has 0 heterocycles. The molecule has 0 saturated heterocycles. The molecule has 0 aliphatic rings. The predicted octanol–water partition coefficient (Wildman–Crippen LogP) is 2.64. The first-order chi connectivity index (χ1) is 4.24. The van der Waals surface area contributed by atoms with Crippen molar-refractivity contribution >= 4 is 9.52 Å². The fourth-order valence-electron chi connectivity index (χ4n) is 0. The summed E-state index contributed by atoms with van der Waals surface area (Å²) in [6, 6.07) is 0. The van der Waals surface area contributed by atoms with Gasteiger partial charge < -0.3 is 0 Å². The van der Waals surface area contributed by atoms with Crippen molar-refractivity contribution in [3.8, 4) is 0 Å². The fourth-order valence-corrected chi connectivity index (χ4v) is 0. The van der Waals surface area contributed by atoms with Gasteiger partial charge in [0.15, 0.2) is 0 Å². The molecule has 0 aromatic carbocycles. The minimum absolute atomic E-state index is 0.417. The second kappa shape index (κ2) is 47.5. The van der Waals surface area contributed by atoms with Crippen molar-refractivity contribution in [2.45, 2.75) is 26.9 Å². The van der Waals surface area contributed by atoms with Gasteiger partial charge in [0.1, 0.15) is 0 Å². The van der Waals surface area contributed by atoms with E-state index in [-0.39, 0.29) is 0 Å². The van der Waals surface area contributed by atoms with Crippen LogP contribution in [0.15, 0.2) is 25.3 Å². The van der Waals surface area contributed by atoms with Gasteiger partial charge in [-0.2, -0.15) is 0 Å². The van der Waals surface area contributed by atoms with E-state index in [0.29, 0.717) is 9.52 Å². The molecule has 0 amide bonds. The standard InChI is InChI=1S/2C3H6.C2H8Si/c3*1-3-2/h2*3H,1H2,2H3;3H2,1-2H3. The highest BCUT2D eigenvalue weighted by Gasteiger charge is 1.38. The molecule has 0 unspecified atom stereocenters. The SMILES string of the molecule is C=CC.C=CC.C[SiH2]C. The number of allylic oxidation sites excluding steroid dienone is 2. The Morgan fingerprint density at radius 2 is 1.00 bits per heavy atom. The van der Waals surface area contributed by atoms with Crippen LogP contribution in [0, 0.1) is 0 Å². The third-order valence-electron chi connectivity index (χ3n) is 0. The Hall–Kier alpha value is -0.303. The lowest BCUT2D eigenvalue weighted by atomic mass is 10.8. The highest BCUT2D eigenvalue weighted by Crippen LogP contribution is 1.38. The van der Waals surface area contributed by atoms with E-state index in [1.54, 1.807) is 12.2 Å². The lowest BCUT2D eigenvalue weighted by Gasteiger charge is -1.45. The van der Waals surface area contributed by atoms with E-state index in [1.165, 1.54) is 0 Å². The summed E-state index contributed by atoms with van der Waals surface area (Å²) in [5.41, 5.74) is 0. The van der Waals surface area contributed by atoms with Crippen LogP contribution in [0.1, 0.15) is 13.8 Å².